The van der Waals surface area contributed by atoms with Crippen molar-refractivity contribution in [1.82, 2.24) is 9.80 Å². The Hall–Kier alpha value is -0.780. The molecule has 1 rings (SSSR count). The molecule has 0 aromatic rings. The first-order valence-corrected chi connectivity index (χ1v) is 5.94. The van der Waals surface area contributed by atoms with Crippen LogP contribution in [-0.4, -0.2) is 54.1 Å². The van der Waals surface area contributed by atoms with Gasteiger partial charge in [-0.3, -0.25) is 9.69 Å². The molecule has 1 aliphatic rings. The molecule has 1 saturated heterocycles. The molecule has 0 spiro atoms. The predicted octanol–water partition coefficient (Wildman–Crippen LogP) is 1.88. The fourth-order valence-electron chi connectivity index (χ4n) is 2.00. The predicted molar refractivity (Wildman–Crippen MR) is 58.6 cm³/mol. The molecule has 1 heterocycles. The minimum absolute atomic E-state index is 0.0199. The highest BCUT2D eigenvalue weighted by molar-refractivity contribution is 5.75. The standard InChI is InChI=1S/C11H19F3N2O/c1-3-10(17)16-6-4-5-15(7-8-16)9(2)11(12,13)14/h9H,3-8H2,1-2H3. The lowest BCUT2D eigenvalue weighted by Crippen LogP contribution is -2.45. The lowest BCUT2D eigenvalue weighted by Gasteiger charge is -2.29. The molecule has 100 valence electrons. The van der Waals surface area contributed by atoms with E-state index in [1.54, 1.807) is 11.8 Å². The van der Waals surface area contributed by atoms with E-state index in [9.17, 15) is 18.0 Å². The molecule has 1 unspecified atom stereocenters. The van der Waals surface area contributed by atoms with Crippen molar-refractivity contribution in [3.05, 3.63) is 0 Å². The molecule has 1 aliphatic heterocycles. The summed E-state index contributed by atoms with van der Waals surface area (Å²) in [7, 11) is 0. The van der Waals surface area contributed by atoms with E-state index in [1.165, 1.54) is 11.8 Å². The highest BCUT2D eigenvalue weighted by Gasteiger charge is 2.40. The van der Waals surface area contributed by atoms with Gasteiger partial charge in [-0.25, -0.2) is 0 Å². The summed E-state index contributed by atoms with van der Waals surface area (Å²) >= 11 is 0. The van der Waals surface area contributed by atoms with Gasteiger partial charge in [0.15, 0.2) is 0 Å². The maximum Gasteiger partial charge on any atom is 0.403 e. The fourth-order valence-corrected chi connectivity index (χ4v) is 2.00. The first-order valence-electron chi connectivity index (χ1n) is 5.94. The number of hydrogen-bond acceptors (Lipinski definition) is 2. The Bertz CT molecular complexity index is 268. The van der Waals surface area contributed by atoms with Crippen LogP contribution >= 0.6 is 0 Å². The number of carbonyl (C=O) groups is 1. The average Bonchev–Trinajstić information content (AvgIpc) is 2.51. The van der Waals surface area contributed by atoms with Crippen molar-refractivity contribution in [3.63, 3.8) is 0 Å². The zero-order valence-corrected chi connectivity index (χ0v) is 10.3. The lowest BCUT2D eigenvalue weighted by molar-refractivity contribution is -0.178. The fraction of sp³-hybridized carbons (Fsp3) is 0.909. The van der Waals surface area contributed by atoms with Gasteiger partial charge < -0.3 is 4.90 Å². The molecule has 1 amide bonds. The number of halogens is 3. The highest BCUT2D eigenvalue weighted by Crippen LogP contribution is 2.25. The van der Waals surface area contributed by atoms with E-state index < -0.39 is 12.2 Å². The van der Waals surface area contributed by atoms with Crippen LogP contribution in [0.5, 0.6) is 0 Å². The van der Waals surface area contributed by atoms with E-state index in [0.717, 1.165) is 0 Å². The normalized spacial score (nSPS) is 21.1. The summed E-state index contributed by atoms with van der Waals surface area (Å²) in [6, 6.07) is -1.43. The van der Waals surface area contributed by atoms with Gasteiger partial charge in [-0.05, 0) is 13.3 Å². The molecule has 0 aromatic carbocycles. The monoisotopic (exact) mass is 252 g/mol. The maximum absolute atomic E-state index is 12.6. The zero-order valence-electron chi connectivity index (χ0n) is 10.3. The Morgan fingerprint density at radius 3 is 2.41 bits per heavy atom. The molecule has 0 aromatic heterocycles. The summed E-state index contributed by atoms with van der Waals surface area (Å²) in [5, 5.41) is 0. The third-order valence-electron chi connectivity index (χ3n) is 3.21. The van der Waals surface area contributed by atoms with Crippen molar-refractivity contribution < 1.29 is 18.0 Å². The molecule has 0 bridgehead atoms. The minimum atomic E-state index is -4.19. The summed E-state index contributed by atoms with van der Waals surface area (Å²) in [6.07, 6.45) is -3.18. The lowest BCUT2D eigenvalue weighted by atomic mass is 10.2. The first-order chi connectivity index (χ1) is 7.86. The smallest absolute Gasteiger partial charge is 0.341 e. The quantitative estimate of drug-likeness (QED) is 0.749. The van der Waals surface area contributed by atoms with Gasteiger partial charge in [-0.2, -0.15) is 13.2 Å². The number of rotatable bonds is 2. The third kappa shape index (κ3) is 3.87. The van der Waals surface area contributed by atoms with Crippen molar-refractivity contribution >= 4 is 5.91 Å². The number of carbonyl (C=O) groups excluding carboxylic acids is 1. The number of hydrogen-bond donors (Lipinski definition) is 0. The van der Waals surface area contributed by atoms with Crippen molar-refractivity contribution in [3.8, 4) is 0 Å². The van der Waals surface area contributed by atoms with Crippen molar-refractivity contribution in [2.24, 2.45) is 0 Å². The zero-order chi connectivity index (χ0) is 13.1. The molecule has 17 heavy (non-hydrogen) atoms. The molecular formula is C11H19F3N2O. The second kappa shape index (κ2) is 5.71. The molecule has 0 saturated carbocycles. The second-order valence-electron chi connectivity index (χ2n) is 4.34. The van der Waals surface area contributed by atoms with Gasteiger partial charge in [-0.15, -0.1) is 0 Å². The number of nitrogens with zero attached hydrogens (tertiary/aromatic N) is 2. The SMILES string of the molecule is CCC(=O)N1CCCN(C(C)C(F)(F)F)CC1. The minimum Gasteiger partial charge on any atom is -0.341 e. The Morgan fingerprint density at radius 1 is 1.24 bits per heavy atom. The summed E-state index contributed by atoms with van der Waals surface area (Å²) in [5.41, 5.74) is 0. The van der Waals surface area contributed by atoms with Crippen LogP contribution in [0, 0.1) is 0 Å². The van der Waals surface area contributed by atoms with Gasteiger partial charge in [0, 0.05) is 32.6 Å². The van der Waals surface area contributed by atoms with E-state index >= 15 is 0 Å². The first kappa shape index (κ1) is 14.3. The Labute approximate surface area is 99.6 Å². The molecule has 0 aliphatic carbocycles. The largest absolute Gasteiger partial charge is 0.403 e. The molecule has 6 heteroatoms. The van der Waals surface area contributed by atoms with Crippen LogP contribution in [0.25, 0.3) is 0 Å². The van der Waals surface area contributed by atoms with Crippen molar-refractivity contribution in [2.45, 2.75) is 38.9 Å². The summed E-state index contributed by atoms with van der Waals surface area (Å²) < 4.78 is 37.7. The maximum atomic E-state index is 12.6. The van der Waals surface area contributed by atoms with Gasteiger partial charge in [-0.1, -0.05) is 6.92 Å². The molecule has 1 fully saturated rings. The molecular weight excluding hydrogens is 233 g/mol. The van der Waals surface area contributed by atoms with Crippen LogP contribution in [0.2, 0.25) is 0 Å². The van der Waals surface area contributed by atoms with Crippen LogP contribution in [0.1, 0.15) is 26.7 Å². The van der Waals surface area contributed by atoms with Crippen molar-refractivity contribution in [2.75, 3.05) is 26.2 Å². The number of alkyl halides is 3. The molecule has 3 nitrogen and oxygen atoms in total. The summed E-state index contributed by atoms with van der Waals surface area (Å²) in [5.74, 6) is 0.0199. The third-order valence-corrected chi connectivity index (χ3v) is 3.21. The van der Waals surface area contributed by atoms with Gasteiger partial charge in [0.1, 0.15) is 6.04 Å². The van der Waals surface area contributed by atoms with Crippen LogP contribution < -0.4 is 0 Å². The average molecular weight is 252 g/mol. The van der Waals surface area contributed by atoms with Crippen LogP contribution in [0.15, 0.2) is 0 Å². The van der Waals surface area contributed by atoms with Crippen molar-refractivity contribution in [1.29, 1.82) is 0 Å². The van der Waals surface area contributed by atoms with Crippen LogP contribution in [-0.2, 0) is 4.79 Å². The topological polar surface area (TPSA) is 23.6 Å². The molecule has 0 radical (unpaired) electrons. The Balaban J connectivity index is 2.56. The second-order valence-corrected chi connectivity index (χ2v) is 4.34. The van der Waals surface area contributed by atoms with E-state index in [4.69, 9.17) is 0 Å². The van der Waals surface area contributed by atoms with E-state index in [-0.39, 0.29) is 5.91 Å². The molecule has 0 N–H and O–H groups in total. The van der Waals surface area contributed by atoms with Crippen LogP contribution in [0.3, 0.4) is 0 Å². The Kier molecular flexibility index (Phi) is 4.80. The highest BCUT2D eigenvalue weighted by atomic mass is 19.4. The van der Waals surface area contributed by atoms with E-state index in [2.05, 4.69) is 0 Å². The van der Waals surface area contributed by atoms with Gasteiger partial charge in [0.25, 0.3) is 0 Å². The van der Waals surface area contributed by atoms with Gasteiger partial charge in [0.2, 0.25) is 5.91 Å². The molecule has 1 atom stereocenters. The summed E-state index contributed by atoms with van der Waals surface area (Å²) in [4.78, 5) is 14.5. The van der Waals surface area contributed by atoms with Gasteiger partial charge in [0.05, 0.1) is 0 Å². The Morgan fingerprint density at radius 2 is 1.88 bits per heavy atom. The van der Waals surface area contributed by atoms with E-state index in [0.29, 0.717) is 39.0 Å². The van der Waals surface area contributed by atoms with E-state index in [1.807, 2.05) is 0 Å². The van der Waals surface area contributed by atoms with Crippen LogP contribution in [0.4, 0.5) is 13.2 Å². The van der Waals surface area contributed by atoms with Gasteiger partial charge >= 0.3 is 6.18 Å². The number of amides is 1. The summed E-state index contributed by atoms with van der Waals surface area (Å²) in [6.45, 7) is 4.60.